The fourth-order valence-electron chi connectivity index (χ4n) is 2.82. The molecule has 0 aliphatic heterocycles. The van der Waals surface area contributed by atoms with Crippen LogP contribution >= 0.6 is 22.9 Å². The molecule has 3 aromatic rings. The number of carbonyl (C=O) groups is 1. The lowest BCUT2D eigenvalue weighted by molar-refractivity contribution is 0.0998. The fraction of sp³-hybridized carbons (Fsp3) is 0.222. The number of hydrogen-bond donors (Lipinski definition) is 0. The Morgan fingerprint density at radius 1 is 1.21 bits per heavy atom. The summed E-state index contributed by atoms with van der Waals surface area (Å²) < 4.78 is 5.40. The van der Waals surface area contributed by atoms with Gasteiger partial charge in [-0.15, -0.1) is 11.3 Å². The van der Waals surface area contributed by atoms with Gasteiger partial charge in [0.05, 0.1) is 10.6 Å². The second-order valence-corrected chi connectivity index (χ2v) is 7.08. The number of aromatic nitrogens is 1. The number of aryl methyl sites for hydroxylation is 4. The molecular formula is C18H17ClN2O2S. The van der Waals surface area contributed by atoms with E-state index in [-0.39, 0.29) is 11.8 Å². The summed E-state index contributed by atoms with van der Waals surface area (Å²) >= 11 is 7.73. The van der Waals surface area contributed by atoms with Crippen molar-refractivity contribution in [3.05, 3.63) is 61.9 Å². The van der Waals surface area contributed by atoms with Gasteiger partial charge in [-0.05, 0) is 50.3 Å². The fourth-order valence-corrected chi connectivity index (χ4v) is 3.62. The van der Waals surface area contributed by atoms with Crippen molar-refractivity contribution in [2.75, 3.05) is 4.90 Å². The maximum atomic E-state index is 13.1. The minimum absolute atomic E-state index is 0.182. The molecule has 4 nitrogen and oxygen atoms in total. The summed E-state index contributed by atoms with van der Waals surface area (Å²) in [6.07, 6.45) is 0. The van der Waals surface area contributed by atoms with E-state index in [0.717, 1.165) is 22.4 Å². The lowest BCUT2D eigenvalue weighted by Crippen LogP contribution is -2.26. The van der Waals surface area contributed by atoms with E-state index in [0.29, 0.717) is 15.6 Å². The molecule has 0 bridgehead atoms. The van der Waals surface area contributed by atoms with Gasteiger partial charge in [0, 0.05) is 0 Å². The van der Waals surface area contributed by atoms with Gasteiger partial charge in [-0.1, -0.05) is 40.5 Å². The molecule has 0 fully saturated rings. The van der Waals surface area contributed by atoms with Crippen molar-refractivity contribution in [3.8, 4) is 0 Å². The molecule has 3 rings (SSSR count). The van der Waals surface area contributed by atoms with Crippen LogP contribution in [-0.2, 0) is 0 Å². The molecule has 0 saturated heterocycles. The first-order valence-electron chi connectivity index (χ1n) is 7.47. The number of benzene rings is 1. The van der Waals surface area contributed by atoms with Gasteiger partial charge in [0.25, 0.3) is 11.8 Å². The molecule has 0 spiro atoms. The lowest BCUT2D eigenvalue weighted by Gasteiger charge is -2.23. The largest absolute Gasteiger partial charge is 0.336 e. The van der Waals surface area contributed by atoms with E-state index in [4.69, 9.17) is 16.1 Å². The smallest absolute Gasteiger partial charge is 0.275 e. The van der Waals surface area contributed by atoms with Gasteiger partial charge in [-0.3, -0.25) is 4.79 Å². The third-order valence-electron chi connectivity index (χ3n) is 3.77. The molecule has 1 amide bonds. The molecule has 0 unspecified atom stereocenters. The van der Waals surface area contributed by atoms with Crippen molar-refractivity contribution in [3.63, 3.8) is 0 Å². The van der Waals surface area contributed by atoms with Gasteiger partial charge in [0.1, 0.15) is 10.7 Å². The Labute approximate surface area is 149 Å². The number of nitrogens with zero attached hydrogens (tertiary/aromatic N) is 2. The average molecular weight is 361 g/mol. The van der Waals surface area contributed by atoms with Crippen LogP contribution in [0.3, 0.4) is 0 Å². The summed E-state index contributed by atoms with van der Waals surface area (Å²) in [5.41, 5.74) is 4.41. The minimum Gasteiger partial charge on any atom is -0.336 e. The van der Waals surface area contributed by atoms with Crippen LogP contribution in [0.2, 0.25) is 5.02 Å². The highest BCUT2D eigenvalue weighted by Gasteiger charge is 2.29. The van der Waals surface area contributed by atoms with Crippen LogP contribution in [-0.4, -0.2) is 11.1 Å². The monoisotopic (exact) mass is 360 g/mol. The molecule has 2 heterocycles. The van der Waals surface area contributed by atoms with Gasteiger partial charge in [0.15, 0.2) is 0 Å². The summed E-state index contributed by atoms with van der Waals surface area (Å²) in [7, 11) is 0. The summed E-state index contributed by atoms with van der Waals surface area (Å²) in [5.74, 6) is 0.0701. The number of hydrogen-bond acceptors (Lipinski definition) is 4. The number of thiophene rings is 1. The zero-order valence-electron chi connectivity index (χ0n) is 13.9. The second-order valence-electron chi connectivity index (χ2n) is 5.75. The van der Waals surface area contributed by atoms with Crippen LogP contribution in [0.25, 0.3) is 0 Å². The van der Waals surface area contributed by atoms with Gasteiger partial charge >= 0.3 is 0 Å². The van der Waals surface area contributed by atoms with E-state index in [2.05, 4.69) is 5.16 Å². The van der Waals surface area contributed by atoms with Crippen LogP contribution in [0.15, 0.2) is 34.2 Å². The highest BCUT2D eigenvalue weighted by molar-refractivity contribution is 7.12. The number of anilines is 2. The predicted molar refractivity (Wildman–Crippen MR) is 97.7 cm³/mol. The summed E-state index contributed by atoms with van der Waals surface area (Å²) in [4.78, 5) is 15.3. The first kappa shape index (κ1) is 16.7. The average Bonchev–Trinajstić information content (AvgIpc) is 3.14. The van der Waals surface area contributed by atoms with E-state index in [1.54, 1.807) is 13.0 Å². The molecule has 124 valence electrons. The molecule has 0 saturated carbocycles. The van der Waals surface area contributed by atoms with E-state index < -0.39 is 0 Å². The van der Waals surface area contributed by atoms with Gasteiger partial charge < -0.3 is 4.52 Å². The Morgan fingerprint density at radius 2 is 1.88 bits per heavy atom. The Bertz CT molecular complexity index is 877. The molecule has 0 N–H and O–H groups in total. The number of amides is 1. The van der Waals surface area contributed by atoms with E-state index >= 15 is 0 Å². The Morgan fingerprint density at radius 3 is 2.38 bits per heavy atom. The summed E-state index contributed by atoms with van der Waals surface area (Å²) in [5, 5.41) is 6.12. The Kier molecular flexibility index (Phi) is 4.47. The molecular weight excluding hydrogens is 344 g/mol. The minimum atomic E-state index is -0.182. The van der Waals surface area contributed by atoms with Crippen molar-refractivity contribution in [1.82, 2.24) is 5.16 Å². The quantitative estimate of drug-likeness (QED) is 0.610. The highest BCUT2D eigenvalue weighted by Crippen LogP contribution is 2.39. The molecule has 0 aliphatic rings. The number of halogens is 1. The highest BCUT2D eigenvalue weighted by atomic mass is 35.5. The maximum absolute atomic E-state index is 13.1. The molecule has 0 radical (unpaired) electrons. The first-order chi connectivity index (χ1) is 11.4. The van der Waals surface area contributed by atoms with Crippen LogP contribution in [0, 0.1) is 27.7 Å². The second kappa shape index (κ2) is 6.42. The Balaban J connectivity index is 2.24. The van der Waals surface area contributed by atoms with Gasteiger partial charge in [0.2, 0.25) is 0 Å². The molecule has 0 atom stereocenters. The van der Waals surface area contributed by atoms with Crippen LogP contribution < -0.4 is 4.90 Å². The first-order valence-corrected chi connectivity index (χ1v) is 8.73. The summed E-state index contributed by atoms with van der Waals surface area (Å²) in [6, 6.07) is 7.70. The number of rotatable bonds is 3. The van der Waals surface area contributed by atoms with Crippen molar-refractivity contribution in [2.24, 2.45) is 0 Å². The zero-order chi connectivity index (χ0) is 17.4. The topological polar surface area (TPSA) is 46.3 Å². The summed E-state index contributed by atoms with van der Waals surface area (Å²) in [6.45, 7) is 7.72. The SMILES string of the molecule is Cc1cc(C)c(N(C(=O)c2cccs2)c2onc(C)c2Cl)c(C)c1. The lowest BCUT2D eigenvalue weighted by atomic mass is 10.0. The van der Waals surface area contributed by atoms with Crippen LogP contribution in [0.1, 0.15) is 32.1 Å². The standard InChI is InChI=1S/C18H17ClN2O2S/c1-10-8-11(2)16(12(3)9-10)21(17(22)14-6-5-7-24-14)18-15(19)13(4)20-23-18/h5-9H,1-4H3. The van der Waals surface area contributed by atoms with Crippen molar-refractivity contribution < 1.29 is 9.32 Å². The van der Waals surface area contributed by atoms with Gasteiger partial charge in [-0.25, -0.2) is 4.90 Å². The molecule has 6 heteroatoms. The molecule has 2 aromatic heterocycles. The predicted octanol–water partition coefficient (Wildman–Crippen LogP) is 5.60. The van der Waals surface area contributed by atoms with Crippen molar-refractivity contribution in [2.45, 2.75) is 27.7 Å². The third kappa shape index (κ3) is 2.85. The molecule has 1 aromatic carbocycles. The van der Waals surface area contributed by atoms with E-state index in [1.807, 2.05) is 44.4 Å². The van der Waals surface area contributed by atoms with Crippen molar-refractivity contribution in [1.29, 1.82) is 0 Å². The Hall–Kier alpha value is -2.11. The van der Waals surface area contributed by atoms with Crippen molar-refractivity contribution >= 4 is 40.4 Å². The third-order valence-corrected chi connectivity index (χ3v) is 5.06. The van der Waals surface area contributed by atoms with E-state index in [9.17, 15) is 4.79 Å². The van der Waals surface area contributed by atoms with Crippen LogP contribution in [0.4, 0.5) is 11.6 Å². The maximum Gasteiger partial charge on any atom is 0.275 e. The van der Waals surface area contributed by atoms with E-state index in [1.165, 1.54) is 16.2 Å². The van der Waals surface area contributed by atoms with Crippen LogP contribution in [0.5, 0.6) is 0 Å². The normalized spacial score (nSPS) is 10.9. The molecule has 24 heavy (non-hydrogen) atoms. The van der Waals surface area contributed by atoms with Gasteiger partial charge in [-0.2, -0.15) is 0 Å². The number of carbonyl (C=O) groups excluding carboxylic acids is 1. The zero-order valence-corrected chi connectivity index (χ0v) is 15.5. The molecule has 0 aliphatic carbocycles.